The molecule has 0 saturated heterocycles. The second-order valence-electron chi connectivity index (χ2n) is 9.82. The topological polar surface area (TPSA) is 138 Å². The minimum atomic E-state index is -0.231. The molecule has 42 heavy (non-hydrogen) atoms. The summed E-state index contributed by atoms with van der Waals surface area (Å²) in [4.78, 5) is 23.6. The Morgan fingerprint density at radius 1 is 0.976 bits per heavy atom. The van der Waals surface area contributed by atoms with E-state index in [0.29, 0.717) is 30.0 Å². The number of carbonyl (C=O) groups is 1. The normalized spacial score (nSPS) is 11.4. The molecule has 0 saturated carbocycles. The molecule has 0 spiro atoms. The Bertz CT molecular complexity index is 1670. The van der Waals surface area contributed by atoms with Crippen molar-refractivity contribution < 1.29 is 9.53 Å². The van der Waals surface area contributed by atoms with Gasteiger partial charge in [-0.15, -0.1) is 5.10 Å². The number of rotatable bonds is 10. The zero-order valence-electron chi connectivity index (χ0n) is 23.8. The summed E-state index contributed by atoms with van der Waals surface area (Å²) < 4.78 is 5.82. The number of fused-ring (bicyclic) bond motifs is 1. The fourth-order valence-corrected chi connectivity index (χ4v) is 5.01. The Hall–Kier alpha value is -5.35. The van der Waals surface area contributed by atoms with Crippen molar-refractivity contribution >= 4 is 28.5 Å². The highest BCUT2D eigenvalue weighted by molar-refractivity contribution is 6.10. The number of para-hydroxylation sites is 1. The lowest BCUT2D eigenvalue weighted by Gasteiger charge is -2.25. The van der Waals surface area contributed by atoms with Crippen molar-refractivity contribution in [1.29, 1.82) is 0 Å². The molecule has 5 rings (SSSR count). The number of hydrogen-bond acceptors (Lipinski definition) is 7. The van der Waals surface area contributed by atoms with Crippen LogP contribution >= 0.6 is 0 Å². The number of hydrazone groups is 1. The second-order valence-corrected chi connectivity index (χ2v) is 9.82. The number of amides is 1. The van der Waals surface area contributed by atoms with Gasteiger partial charge in [0.05, 0.1) is 29.4 Å². The summed E-state index contributed by atoms with van der Waals surface area (Å²) >= 11 is 0. The van der Waals surface area contributed by atoms with E-state index < -0.39 is 0 Å². The zero-order valence-corrected chi connectivity index (χ0v) is 23.8. The summed E-state index contributed by atoms with van der Waals surface area (Å²) in [6, 6.07) is 28.0. The number of ether oxygens (including phenoxy) is 1. The first-order valence-electron chi connectivity index (χ1n) is 13.5. The molecule has 0 bridgehead atoms. The van der Waals surface area contributed by atoms with Gasteiger partial charge in [-0.2, -0.15) is 0 Å². The van der Waals surface area contributed by atoms with Gasteiger partial charge in [-0.05, 0) is 29.3 Å². The van der Waals surface area contributed by atoms with Gasteiger partial charge in [0, 0.05) is 44.3 Å². The van der Waals surface area contributed by atoms with E-state index in [4.69, 9.17) is 21.3 Å². The number of carbonyl (C=O) groups excluding carboxylic acids is 1. The fraction of sp³-hybridized carbons (Fsp3) is 0.156. The lowest BCUT2D eigenvalue weighted by Crippen LogP contribution is -2.26. The molecule has 0 atom stereocenters. The maximum absolute atomic E-state index is 13.0. The molecule has 0 unspecified atom stereocenters. The van der Waals surface area contributed by atoms with E-state index in [1.54, 1.807) is 27.4 Å². The number of methoxy groups -OCH3 is 1. The van der Waals surface area contributed by atoms with Crippen molar-refractivity contribution in [3.8, 4) is 17.0 Å². The molecule has 10 heteroatoms. The smallest absolute Gasteiger partial charge is 0.253 e. The number of nitrogens with one attached hydrogen (secondary N) is 2. The Morgan fingerprint density at radius 2 is 1.62 bits per heavy atom. The molecule has 0 aliphatic heterocycles. The average molecular weight is 563 g/mol. The first-order valence-corrected chi connectivity index (χ1v) is 13.5. The molecule has 0 radical (unpaired) electrons. The van der Waals surface area contributed by atoms with E-state index in [2.05, 4.69) is 44.6 Å². The first-order chi connectivity index (χ1) is 20.4. The molecule has 3 aromatic carbocycles. The SMILES string of the molecule is CNC(=O)c1cnc(N(Cc2ccccc2)Cc2ccccc2)c2[nH]c(-c3cccc(/C(N)=N/N(C)N)c3OC)cc12. The molecule has 10 nitrogen and oxygen atoms in total. The van der Waals surface area contributed by atoms with Crippen molar-refractivity contribution in [2.24, 2.45) is 16.7 Å². The van der Waals surface area contributed by atoms with Crippen LogP contribution in [0.25, 0.3) is 22.2 Å². The number of anilines is 1. The standard InChI is InChI=1S/C32H34N8O2/c1-35-32(41)26-18-36-31(40(19-21-11-6-4-7-12-21)20-22-13-8-5-9-14-22)28-25(26)17-27(37-28)23-15-10-16-24(29(23)42-3)30(33)38-39(2)34/h4-18,37H,19-20,34H2,1-3H3,(H2,33,38)(H,35,41). The molecule has 0 aliphatic carbocycles. The summed E-state index contributed by atoms with van der Waals surface area (Å²) in [6.45, 7) is 1.23. The van der Waals surface area contributed by atoms with Crippen molar-refractivity contribution in [2.45, 2.75) is 13.1 Å². The van der Waals surface area contributed by atoms with Crippen LogP contribution in [0.3, 0.4) is 0 Å². The molecule has 1 amide bonds. The van der Waals surface area contributed by atoms with Gasteiger partial charge in [-0.25, -0.2) is 15.9 Å². The average Bonchev–Trinajstić information content (AvgIpc) is 3.45. The molecular weight excluding hydrogens is 528 g/mol. The number of aromatic nitrogens is 2. The van der Waals surface area contributed by atoms with E-state index >= 15 is 0 Å². The lowest BCUT2D eigenvalue weighted by atomic mass is 10.0. The number of nitrogens with zero attached hydrogens (tertiary/aromatic N) is 4. The fourth-order valence-electron chi connectivity index (χ4n) is 5.01. The third kappa shape index (κ3) is 5.89. The largest absolute Gasteiger partial charge is 0.495 e. The van der Waals surface area contributed by atoms with Gasteiger partial charge in [-0.3, -0.25) is 4.79 Å². The number of benzene rings is 3. The molecule has 0 fully saturated rings. The minimum Gasteiger partial charge on any atom is -0.495 e. The predicted octanol–water partition coefficient (Wildman–Crippen LogP) is 4.23. The molecule has 0 aliphatic rings. The van der Waals surface area contributed by atoms with E-state index in [9.17, 15) is 4.79 Å². The number of nitrogens with two attached hydrogens (primary N) is 2. The molecule has 2 heterocycles. The lowest BCUT2D eigenvalue weighted by molar-refractivity contribution is 0.0964. The van der Waals surface area contributed by atoms with E-state index in [1.807, 2.05) is 60.7 Å². The molecule has 6 N–H and O–H groups in total. The minimum absolute atomic E-state index is 0.208. The van der Waals surface area contributed by atoms with Gasteiger partial charge in [0.15, 0.2) is 11.7 Å². The van der Waals surface area contributed by atoms with Crippen LogP contribution in [0.4, 0.5) is 5.82 Å². The monoisotopic (exact) mass is 562 g/mol. The first kappa shape index (κ1) is 28.2. The Morgan fingerprint density at radius 3 is 2.19 bits per heavy atom. The summed E-state index contributed by atoms with van der Waals surface area (Å²) in [6.07, 6.45) is 1.63. The van der Waals surface area contributed by atoms with Crippen LogP contribution in [0, 0.1) is 0 Å². The van der Waals surface area contributed by atoms with Crippen LogP contribution in [0.15, 0.2) is 96.2 Å². The third-order valence-corrected chi connectivity index (χ3v) is 6.90. The van der Waals surface area contributed by atoms with Crippen LogP contribution in [-0.4, -0.2) is 48.0 Å². The maximum Gasteiger partial charge on any atom is 0.253 e. The quantitative estimate of drug-likeness (QED) is 0.0865. The number of H-pyrrole nitrogens is 1. The van der Waals surface area contributed by atoms with Crippen molar-refractivity contribution in [3.63, 3.8) is 0 Å². The van der Waals surface area contributed by atoms with Gasteiger partial charge >= 0.3 is 0 Å². The summed E-state index contributed by atoms with van der Waals surface area (Å²) in [5.41, 5.74) is 11.8. The number of hydrogen-bond donors (Lipinski definition) is 4. The van der Waals surface area contributed by atoms with Gasteiger partial charge < -0.3 is 25.7 Å². The number of pyridine rings is 1. The number of hydrazine groups is 1. The molecule has 214 valence electrons. The summed E-state index contributed by atoms with van der Waals surface area (Å²) in [7, 11) is 4.77. The van der Waals surface area contributed by atoms with Gasteiger partial charge in [0.1, 0.15) is 5.75 Å². The van der Waals surface area contributed by atoms with Crippen molar-refractivity contribution in [1.82, 2.24) is 20.4 Å². The summed E-state index contributed by atoms with van der Waals surface area (Å²) in [5, 5.41) is 8.76. The van der Waals surface area contributed by atoms with Crippen LogP contribution in [0.5, 0.6) is 5.75 Å². The predicted molar refractivity (Wildman–Crippen MR) is 167 cm³/mol. The number of amidine groups is 1. The Labute approximate surface area is 244 Å². The summed E-state index contributed by atoms with van der Waals surface area (Å²) in [5.74, 6) is 6.92. The zero-order chi connectivity index (χ0) is 29.6. The van der Waals surface area contributed by atoms with E-state index in [1.165, 1.54) is 0 Å². The number of aromatic amines is 1. The Balaban J connectivity index is 1.70. The van der Waals surface area contributed by atoms with Crippen molar-refractivity contribution in [3.05, 3.63) is 113 Å². The van der Waals surface area contributed by atoms with Crippen LogP contribution in [0.2, 0.25) is 0 Å². The van der Waals surface area contributed by atoms with Gasteiger partial charge in [-0.1, -0.05) is 66.7 Å². The third-order valence-electron chi connectivity index (χ3n) is 6.90. The van der Waals surface area contributed by atoms with Crippen LogP contribution < -0.4 is 26.5 Å². The highest BCUT2D eigenvalue weighted by Crippen LogP contribution is 2.38. The van der Waals surface area contributed by atoms with E-state index in [-0.39, 0.29) is 11.7 Å². The molecule has 2 aromatic heterocycles. The van der Waals surface area contributed by atoms with Crippen LogP contribution in [0.1, 0.15) is 27.0 Å². The maximum atomic E-state index is 13.0. The second kappa shape index (κ2) is 12.4. The molecule has 5 aromatic rings. The van der Waals surface area contributed by atoms with Gasteiger partial charge in [0.25, 0.3) is 5.91 Å². The van der Waals surface area contributed by atoms with Gasteiger partial charge in [0.2, 0.25) is 0 Å². The molecular formula is C32H34N8O2. The Kier molecular flexibility index (Phi) is 8.35. The van der Waals surface area contributed by atoms with Crippen LogP contribution in [-0.2, 0) is 13.1 Å². The highest BCUT2D eigenvalue weighted by Gasteiger charge is 2.22. The van der Waals surface area contributed by atoms with Crippen molar-refractivity contribution in [2.75, 3.05) is 26.1 Å². The van der Waals surface area contributed by atoms with E-state index in [0.717, 1.165) is 44.2 Å². The highest BCUT2D eigenvalue weighted by atomic mass is 16.5.